The SMILES string of the molecule is COC(=O)N[C@H](C(=O)N1CCN(C(C)=O)C[C@H]1C(=N)N/C=C/c1ccc(C#Cc2ccc(-c3cnc([C@@H]4CCCN4C(=O)[C@@H](NC(=O)OC)C(C)C)[nH]3)cc2)cc1)C(C)C. The van der Waals surface area contributed by atoms with E-state index in [4.69, 9.17) is 14.9 Å². The minimum Gasteiger partial charge on any atom is -0.453 e. The Bertz CT molecular complexity index is 2120. The van der Waals surface area contributed by atoms with Crippen LogP contribution >= 0.6 is 0 Å². The van der Waals surface area contributed by atoms with Gasteiger partial charge in [-0.15, -0.1) is 0 Å². The largest absolute Gasteiger partial charge is 0.453 e. The summed E-state index contributed by atoms with van der Waals surface area (Å²) in [4.78, 5) is 76.2. The number of nitrogens with one attached hydrogen (secondary N) is 5. The van der Waals surface area contributed by atoms with Gasteiger partial charge >= 0.3 is 12.2 Å². The highest BCUT2D eigenvalue weighted by molar-refractivity contribution is 5.94. The summed E-state index contributed by atoms with van der Waals surface area (Å²) >= 11 is 0. The van der Waals surface area contributed by atoms with Crippen LogP contribution in [0.4, 0.5) is 9.59 Å². The van der Waals surface area contributed by atoms with E-state index in [1.807, 2.05) is 76.2 Å². The van der Waals surface area contributed by atoms with Crippen LogP contribution in [-0.2, 0) is 23.9 Å². The summed E-state index contributed by atoms with van der Waals surface area (Å²) in [5.74, 6) is 6.12. The van der Waals surface area contributed by atoms with Gasteiger partial charge in [-0.1, -0.05) is 63.8 Å². The Morgan fingerprint density at radius 3 is 1.95 bits per heavy atom. The molecular weight excluding hydrogens is 767 g/mol. The van der Waals surface area contributed by atoms with E-state index in [1.54, 1.807) is 28.3 Å². The summed E-state index contributed by atoms with van der Waals surface area (Å²) in [6.07, 6.45) is 5.42. The molecule has 16 heteroatoms. The van der Waals surface area contributed by atoms with Crippen LogP contribution in [0.15, 0.2) is 60.9 Å². The van der Waals surface area contributed by atoms with Gasteiger partial charge < -0.3 is 45.1 Å². The predicted octanol–water partition coefficient (Wildman–Crippen LogP) is 4.50. The molecule has 2 saturated heterocycles. The zero-order valence-electron chi connectivity index (χ0n) is 35.2. The van der Waals surface area contributed by atoms with Gasteiger partial charge in [0.1, 0.15) is 29.8 Å². The number of likely N-dealkylation sites (tertiary alicyclic amines) is 1. The molecule has 2 fully saturated rings. The number of amidine groups is 1. The maximum atomic E-state index is 13.6. The van der Waals surface area contributed by atoms with Crippen molar-refractivity contribution in [3.8, 4) is 23.1 Å². The molecule has 0 spiro atoms. The summed E-state index contributed by atoms with van der Waals surface area (Å²) < 4.78 is 9.46. The molecule has 5 amide bonds. The quantitative estimate of drug-likeness (QED) is 0.105. The number of piperazine rings is 1. The van der Waals surface area contributed by atoms with Gasteiger partial charge in [-0.3, -0.25) is 19.8 Å². The Kier molecular flexibility index (Phi) is 15.1. The third-order valence-electron chi connectivity index (χ3n) is 10.6. The molecule has 16 nitrogen and oxygen atoms in total. The van der Waals surface area contributed by atoms with Crippen molar-refractivity contribution in [2.24, 2.45) is 11.8 Å². The fourth-order valence-electron chi connectivity index (χ4n) is 7.18. The molecular formula is C44H55N9O7. The summed E-state index contributed by atoms with van der Waals surface area (Å²) in [5, 5.41) is 17.1. The van der Waals surface area contributed by atoms with Crippen molar-refractivity contribution in [2.45, 2.75) is 71.6 Å². The van der Waals surface area contributed by atoms with Gasteiger partial charge in [0, 0.05) is 50.4 Å². The molecule has 0 unspecified atom stereocenters. The van der Waals surface area contributed by atoms with E-state index in [0.29, 0.717) is 18.9 Å². The molecule has 60 heavy (non-hydrogen) atoms. The van der Waals surface area contributed by atoms with Gasteiger partial charge in [0.25, 0.3) is 0 Å². The minimum absolute atomic E-state index is 0.0335. The van der Waals surface area contributed by atoms with Gasteiger partial charge in [-0.05, 0) is 66.1 Å². The zero-order valence-corrected chi connectivity index (χ0v) is 35.2. The monoisotopic (exact) mass is 821 g/mol. The van der Waals surface area contributed by atoms with Crippen molar-refractivity contribution in [1.29, 1.82) is 5.41 Å². The summed E-state index contributed by atoms with van der Waals surface area (Å²) in [6, 6.07) is 12.9. The third-order valence-corrected chi connectivity index (χ3v) is 10.6. The number of benzene rings is 2. The third kappa shape index (κ3) is 11.1. The summed E-state index contributed by atoms with van der Waals surface area (Å²) in [5.41, 5.74) is 4.24. The molecule has 0 aliphatic carbocycles. The molecule has 4 atom stereocenters. The van der Waals surface area contributed by atoms with Crippen LogP contribution in [0.5, 0.6) is 0 Å². The van der Waals surface area contributed by atoms with Crippen LogP contribution in [-0.4, -0.2) is 119 Å². The highest BCUT2D eigenvalue weighted by Gasteiger charge is 2.39. The maximum absolute atomic E-state index is 13.6. The topological polar surface area (TPSA) is 202 Å². The van der Waals surface area contributed by atoms with E-state index in [-0.39, 0.29) is 54.5 Å². The lowest BCUT2D eigenvalue weighted by molar-refractivity contribution is -0.142. The highest BCUT2D eigenvalue weighted by atomic mass is 16.5. The Balaban J connectivity index is 1.18. The van der Waals surface area contributed by atoms with Gasteiger partial charge in [0.2, 0.25) is 17.7 Å². The van der Waals surface area contributed by atoms with Crippen LogP contribution < -0.4 is 16.0 Å². The van der Waals surface area contributed by atoms with Crippen molar-refractivity contribution in [3.05, 3.63) is 83.4 Å². The number of imidazole rings is 1. The second kappa shape index (κ2) is 20.4. The molecule has 318 valence electrons. The van der Waals surface area contributed by atoms with Crippen molar-refractivity contribution >= 4 is 41.8 Å². The number of rotatable bonds is 11. The second-order valence-corrected chi connectivity index (χ2v) is 15.4. The number of H-pyrrole nitrogens is 1. The minimum atomic E-state index is -0.859. The average molecular weight is 822 g/mol. The Morgan fingerprint density at radius 1 is 0.833 bits per heavy atom. The first-order valence-electron chi connectivity index (χ1n) is 20.0. The maximum Gasteiger partial charge on any atom is 0.407 e. The summed E-state index contributed by atoms with van der Waals surface area (Å²) in [6.45, 7) is 10.1. The van der Waals surface area contributed by atoms with Crippen LogP contribution in [0.3, 0.4) is 0 Å². The van der Waals surface area contributed by atoms with E-state index in [1.165, 1.54) is 26.0 Å². The number of aromatic nitrogens is 2. The van der Waals surface area contributed by atoms with Crippen LogP contribution in [0.1, 0.15) is 76.0 Å². The first-order chi connectivity index (χ1) is 28.7. The molecule has 2 aliphatic heterocycles. The Labute approximate surface area is 351 Å². The number of nitrogens with zero attached hydrogens (tertiary/aromatic N) is 4. The average Bonchev–Trinajstić information content (AvgIpc) is 3.94. The molecule has 5 N–H and O–H groups in total. The normalized spacial score (nSPS) is 17.4. The standard InChI is InChI=1S/C44H55N9O7/c1-27(2)37(49-43(57)59-6)41(55)52-22-8-9-35(52)40-47-25-34(48-40)33-18-16-31(17-19-33)11-10-30-12-14-32(15-13-30)20-21-46-39(45)36-26-51(29(5)54)23-24-53(36)42(56)38(28(3)4)50-44(58)60-7/h12-21,25,27-28,35-38H,8-9,22-24,26H2,1-7H3,(H2,45,46)(H,47,48)(H,49,57)(H,50,58)/b21-20+/t35-,36-,37-,38-/m0/s1. The number of carbonyl (C=O) groups is 5. The van der Waals surface area contributed by atoms with Crippen LogP contribution in [0.2, 0.25) is 0 Å². The number of hydrogen-bond donors (Lipinski definition) is 5. The number of methoxy groups -OCH3 is 2. The summed E-state index contributed by atoms with van der Waals surface area (Å²) in [7, 11) is 2.51. The number of carbonyl (C=O) groups excluding carboxylic acids is 5. The number of ether oxygens (including phenoxy) is 2. The van der Waals surface area contributed by atoms with Crippen LogP contribution in [0, 0.1) is 29.1 Å². The molecule has 5 rings (SSSR count). The number of alkyl carbamates (subject to hydrolysis) is 2. The lowest BCUT2D eigenvalue weighted by Crippen LogP contribution is -2.64. The Morgan fingerprint density at radius 2 is 1.40 bits per heavy atom. The number of hydrogen-bond acceptors (Lipinski definition) is 9. The molecule has 3 heterocycles. The Hall–Kier alpha value is -6.63. The van der Waals surface area contributed by atoms with E-state index >= 15 is 0 Å². The molecule has 3 aromatic rings. The van der Waals surface area contributed by atoms with Crippen molar-refractivity contribution in [3.63, 3.8) is 0 Å². The number of aromatic amines is 1. The van der Waals surface area contributed by atoms with Gasteiger partial charge in [-0.25, -0.2) is 14.6 Å². The van der Waals surface area contributed by atoms with Crippen molar-refractivity contribution < 1.29 is 33.4 Å². The first kappa shape index (κ1) is 44.5. The van der Waals surface area contributed by atoms with Gasteiger partial charge in [0.15, 0.2) is 0 Å². The van der Waals surface area contributed by atoms with E-state index < -0.39 is 30.3 Å². The fraction of sp³-hybridized carbons (Fsp3) is 0.432. The van der Waals surface area contributed by atoms with E-state index in [2.05, 4.69) is 37.8 Å². The smallest absolute Gasteiger partial charge is 0.407 e. The lowest BCUT2D eigenvalue weighted by atomic mass is 10.0. The first-order valence-corrected chi connectivity index (χ1v) is 20.0. The molecule has 2 aromatic carbocycles. The molecule has 1 aromatic heterocycles. The molecule has 0 saturated carbocycles. The molecule has 0 bridgehead atoms. The molecule has 2 aliphatic rings. The number of amides is 5. The van der Waals surface area contributed by atoms with Gasteiger partial charge in [0.05, 0.1) is 32.2 Å². The predicted molar refractivity (Wildman–Crippen MR) is 226 cm³/mol. The lowest BCUT2D eigenvalue weighted by Gasteiger charge is -2.42. The van der Waals surface area contributed by atoms with Crippen molar-refractivity contribution in [1.82, 2.24) is 40.6 Å². The second-order valence-electron chi connectivity index (χ2n) is 15.4. The van der Waals surface area contributed by atoms with Crippen molar-refractivity contribution in [2.75, 3.05) is 40.4 Å². The van der Waals surface area contributed by atoms with Gasteiger partial charge in [-0.2, -0.15) is 0 Å². The van der Waals surface area contributed by atoms with E-state index in [0.717, 1.165) is 40.8 Å². The highest BCUT2D eigenvalue weighted by Crippen LogP contribution is 2.33. The zero-order chi connectivity index (χ0) is 43.5. The van der Waals surface area contributed by atoms with Crippen LogP contribution in [0.25, 0.3) is 17.3 Å². The fourth-order valence-corrected chi connectivity index (χ4v) is 7.18. The molecule has 0 radical (unpaired) electrons. The van der Waals surface area contributed by atoms with E-state index in [9.17, 15) is 24.0 Å².